The van der Waals surface area contributed by atoms with Crippen LogP contribution in [0.15, 0.2) is 30.5 Å². The van der Waals surface area contributed by atoms with Crippen molar-refractivity contribution in [1.29, 1.82) is 0 Å². The molecule has 3 heteroatoms. The molecule has 0 saturated heterocycles. The molecule has 1 aromatic heterocycles. The molecule has 0 aliphatic heterocycles. The monoisotopic (exact) mass is 257 g/mol. The zero-order valence-corrected chi connectivity index (χ0v) is 12.1. The van der Waals surface area contributed by atoms with Crippen LogP contribution in [0.3, 0.4) is 0 Å². The summed E-state index contributed by atoms with van der Waals surface area (Å²) in [6.07, 6.45) is 5.30. The summed E-state index contributed by atoms with van der Waals surface area (Å²) in [5.74, 6) is 0. The van der Waals surface area contributed by atoms with Crippen LogP contribution >= 0.6 is 0 Å². The molecule has 0 aliphatic rings. The molecule has 0 radical (unpaired) electrons. The number of hydrogen-bond donors (Lipinski definition) is 1. The van der Waals surface area contributed by atoms with Gasteiger partial charge in [0.05, 0.1) is 22.9 Å². The molecule has 19 heavy (non-hydrogen) atoms. The molecular weight excluding hydrogens is 234 g/mol. The Morgan fingerprint density at radius 1 is 1.00 bits per heavy atom. The van der Waals surface area contributed by atoms with E-state index in [4.69, 9.17) is 0 Å². The molecule has 0 bridgehead atoms. The van der Waals surface area contributed by atoms with E-state index in [2.05, 4.69) is 36.1 Å². The summed E-state index contributed by atoms with van der Waals surface area (Å²) in [5, 5.41) is 3.66. The van der Waals surface area contributed by atoms with Crippen LogP contribution in [0.25, 0.3) is 11.0 Å². The number of fused-ring (bicyclic) bond motifs is 1. The van der Waals surface area contributed by atoms with E-state index in [1.54, 1.807) is 0 Å². The van der Waals surface area contributed by atoms with E-state index in [-0.39, 0.29) is 5.54 Å². The molecule has 1 N–H and O–H groups in total. The van der Waals surface area contributed by atoms with E-state index in [9.17, 15) is 0 Å². The van der Waals surface area contributed by atoms with Crippen molar-refractivity contribution in [3.05, 3.63) is 36.2 Å². The number of rotatable bonds is 6. The number of hydrogen-bond acceptors (Lipinski definition) is 3. The molecule has 0 saturated carbocycles. The van der Waals surface area contributed by atoms with Crippen molar-refractivity contribution in [2.75, 3.05) is 0 Å². The van der Waals surface area contributed by atoms with Gasteiger partial charge in [0.2, 0.25) is 0 Å². The normalized spacial score (nSPS) is 11.9. The average Bonchev–Trinajstić information content (AvgIpc) is 2.49. The second kappa shape index (κ2) is 6.11. The van der Waals surface area contributed by atoms with Crippen molar-refractivity contribution in [2.45, 2.75) is 52.1 Å². The van der Waals surface area contributed by atoms with Crippen LogP contribution in [0.2, 0.25) is 0 Å². The molecule has 0 atom stereocenters. The number of para-hydroxylation sites is 2. The summed E-state index contributed by atoms with van der Waals surface area (Å²) in [7, 11) is 0. The first kappa shape index (κ1) is 13.9. The van der Waals surface area contributed by atoms with Crippen LogP contribution < -0.4 is 5.32 Å². The molecule has 102 valence electrons. The van der Waals surface area contributed by atoms with Crippen LogP contribution in [0.5, 0.6) is 0 Å². The van der Waals surface area contributed by atoms with Gasteiger partial charge in [0.1, 0.15) is 0 Å². The highest BCUT2D eigenvalue weighted by Gasteiger charge is 2.22. The predicted molar refractivity (Wildman–Crippen MR) is 80.0 cm³/mol. The molecular formula is C16H23N3. The van der Waals surface area contributed by atoms with E-state index in [0.29, 0.717) is 0 Å². The first-order valence-corrected chi connectivity index (χ1v) is 7.18. The van der Waals surface area contributed by atoms with Crippen LogP contribution in [-0.2, 0) is 6.54 Å². The summed E-state index contributed by atoms with van der Waals surface area (Å²) in [6, 6.07) is 8.00. The van der Waals surface area contributed by atoms with Gasteiger partial charge in [-0.1, -0.05) is 32.9 Å². The minimum atomic E-state index is 0.229. The Kier molecular flexibility index (Phi) is 4.48. The van der Waals surface area contributed by atoms with Gasteiger partial charge in [0.15, 0.2) is 0 Å². The molecule has 2 aromatic rings. The van der Waals surface area contributed by atoms with Crippen molar-refractivity contribution >= 4 is 11.0 Å². The Morgan fingerprint density at radius 3 is 2.26 bits per heavy atom. The van der Waals surface area contributed by atoms with E-state index in [0.717, 1.165) is 42.5 Å². The molecule has 0 unspecified atom stereocenters. The minimum absolute atomic E-state index is 0.229. The number of nitrogens with zero attached hydrogens (tertiary/aromatic N) is 2. The highest BCUT2D eigenvalue weighted by Crippen LogP contribution is 2.20. The molecule has 0 amide bonds. The van der Waals surface area contributed by atoms with Gasteiger partial charge in [-0.25, -0.2) is 4.98 Å². The summed E-state index contributed by atoms with van der Waals surface area (Å²) >= 11 is 0. The standard InChI is InChI=1S/C16H23N3/c1-4-16(5-2,6-3)18-12-13-11-17-14-9-7-8-10-15(14)19-13/h7-11,18H,4-6,12H2,1-3H3. The van der Waals surface area contributed by atoms with Crippen LogP contribution in [0, 0.1) is 0 Å². The van der Waals surface area contributed by atoms with Gasteiger partial charge < -0.3 is 5.32 Å². The van der Waals surface area contributed by atoms with Crippen LogP contribution in [0.1, 0.15) is 45.7 Å². The zero-order valence-electron chi connectivity index (χ0n) is 12.1. The predicted octanol–water partition coefficient (Wildman–Crippen LogP) is 3.69. The maximum Gasteiger partial charge on any atom is 0.0890 e. The fourth-order valence-electron chi connectivity index (χ4n) is 2.48. The lowest BCUT2D eigenvalue weighted by molar-refractivity contribution is 0.286. The second-order valence-electron chi connectivity index (χ2n) is 5.04. The van der Waals surface area contributed by atoms with Crippen molar-refractivity contribution in [2.24, 2.45) is 0 Å². The smallest absolute Gasteiger partial charge is 0.0890 e. The fraction of sp³-hybridized carbons (Fsp3) is 0.500. The third-order valence-electron chi connectivity index (χ3n) is 4.17. The van der Waals surface area contributed by atoms with Gasteiger partial charge in [-0.3, -0.25) is 4.98 Å². The van der Waals surface area contributed by atoms with E-state index < -0.39 is 0 Å². The lowest BCUT2D eigenvalue weighted by Crippen LogP contribution is -2.43. The largest absolute Gasteiger partial charge is 0.306 e. The highest BCUT2D eigenvalue weighted by atomic mass is 15.0. The maximum atomic E-state index is 4.66. The van der Waals surface area contributed by atoms with Gasteiger partial charge in [0, 0.05) is 12.1 Å². The van der Waals surface area contributed by atoms with Crippen molar-refractivity contribution in [3.63, 3.8) is 0 Å². The van der Waals surface area contributed by atoms with E-state index >= 15 is 0 Å². The van der Waals surface area contributed by atoms with Crippen LogP contribution in [0.4, 0.5) is 0 Å². The molecule has 1 heterocycles. The summed E-state index contributed by atoms with van der Waals surface area (Å²) < 4.78 is 0. The Morgan fingerprint density at radius 2 is 1.63 bits per heavy atom. The summed E-state index contributed by atoms with van der Waals surface area (Å²) in [6.45, 7) is 7.51. The van der Waals surface area contributed by atoms with Crippen molar-refractivity contribution < 1.29 is 0 Å². The second-order valence-corrected chi connectivity index (χ2v) is 5.04. The Hall–Kier alpha value is -1.48. The van der Waals surface area contributed by atoms with Crippen molar-refractivity contribution in [3.8, 4) is 0 Å². The molecule has 1 aromatic carbocycles. The van der Waals surface area contributed by atoms with Gasteiger partial charge in [-0.05, 0) is 31.4 Å². The number of nitrogens with one attached hydrogen (secondary N) is 1. The number of benzene rings is 1. The zero-order chi connectivity index (χ0) is 13.7. The lowest BCUT2D eigenvalue weighted by Gasteiger charge is -2.31. The highest BCUT2D eigenvalue weighted by molar-refractivity contribution is 5.73. The quantitative estimate of drug-likeness (QED) is 0.857. The molecule has 2 rings (SSSR count). The summed E-state index contributed by atoms with van der Waals surface area (Å²) in [4.78, 5) is 9.11. The number of aromatic nitrogens is 2. The topological polar surface area (TPSA) is 37.8 Å². The third-order valence-corrected chi connectivity index (χ3v) is 4.17. The SMILES string of the molecule is CCC(CC)(CC)NCc1cnc2ccccc2n1. The molecule has 0 fully saturated rings. The fourth-order valence-corrected chi connectivity index (χ4v) is 2.48. The first-order valence-electron chi connectivity index (χ1n) is 7.18. The van der Waals surface area contributed by atoms with Gasteiger partial charge in [-0.15, -0.1) is 0 Å². The average molecular weight is 257 g/mol. The minimum Gasteiger partial charge on any atom is -0.306 e. The Labute approximate surface area is 115 Å². The van der Waals surface area contributed by atoms with Crippen LogP contribution in [-0.4, -0.2) is 15.5 Å². The Bertz CT molecular complexity index is 524. The molecule has 3 nitrogen and oxygen atoms in total. The molecule has 0 aliphatic carbocycles. The maximum absolute atomic E-state index is 4.66. The Balaban J connectivity index is 2.13. The van der Waals surface area contributed by atoms with E-state index in [1.165, 1.54) is 0 Å². The summed E-state index contributed by atoms with van der Waals surface area (Å²) in [5.41, 5.74) is 3.17. The molecule has 0 spiro atoms. The van der Waals surface area contributed by atoms with E-state index in [1.807, 2.05) is 30.5 Å². The lowest BCUT2D eigenvalue weighted by atomic mass is 9.90. The van der Waals surface area contributed by atoms with Gasteiger partial charge in [-0.2, -0.15) is 0 Å². The van der Waals surface area contributed by atoms with Crippen molar-refractivity contribution in [1.82, 2.24) is 15.3 Å². The third kappa shape index (κ3) is 3.10. The first-order chi connectivity index (χ1) is 9.23. The van der Waals surface area contributed by atoms with Gasteiger partial charge in [0.25, 0.3) is 0 Å². The van der Waals surface area contributed by atoms with Gasteiger partial charge >= 0.3 is 0 Å².